The number of nitro groups is 1. The zero-order chi connectivity index (χ0) is 13.0. The first-order valence-corrected chi connectivity index (χ1v) is 5.94. The van der Waals surface area contributed by atoms with Gasteiger partial charge in [-0.25, -0.2) is 4.98 Å². The van der Waals surface area contributed by atoms with Gasteiger partial charge >= 0.3 is 0 Å². The van der Waals surface area contributed by atoms with E-state index in [9.17, 15) is 10.1 Å². The van der Waals surface area contributed by atoms with Crippen molar-refractivity contribution in [3.63, 3.8) is 0 Å². The molecule has 18 heavy (non-hydrogen) atoms. The summed E-state index contributed by atoms with van der Waals surface area (Å²) >= 11 is 1.49. The molecule has 1 heterocycles. The highest BCUT2D eigenvalue weighted by Crippen LogP contribution is 2.22. The molecule has 1 aromatic carbocycles. The van der Waals surface area contributed by atoms with Crippen molar-refractivity contribution in [1.82, 2.24) is 4.98 Å². The second-order valence-electron chi connectivity index (χ2n) is 3.43. The van der Waals surface area contributed by atoms with Crippen LogP contribution in [0.25, 0.3) is 0 Å². The van der Waals surface area contributed by atoms with Crippen molar-refractivity contribution in [1.29, 1.82) is 5.26 Å². The van der Waals surface area contributed by atoms with Gasteiger partial charge in [-0.05, 0) is 12.1 Å². The van der Waals surface area contributed by atoms with Crippen LogP contribution in [0.15, 0.2) is 29.1 Å². The number of hydrogen-bond donors (Lipinski definition) is 1. The van der Waals surface area contributed by atoms with E-state index < -0.39 is 4.92 Å². The molecule has 0 radical (unpaired) electrons. The summed E-state index contributed by atoms with van der Waals surface area (Å²) in [4.78, 5) is 14.3. The maximum Gasteiger partial charge on any atom is 0.289 e. The van der Waals surface area contributed by atoms with Gasteiger partial charge in [0.05, 0.1) is 22.7 Å². The molecule has 1 N–H and O–H groups in total. The van der Waals surface area contributed by atoms with Crippen LogP contribution in [0.1, 0.15) is 11.3 Å². The number of hydrogen-bond acceptors (Lipinski definition) is 6. The van der Waals surface area contributed by atoms with Crippen molar-refractivity contribution in [3.05, 3.63) is 50.5 Å². The van der Waals surface area contributed by atoms with Crippen LogP contribution >= 0.6 is 11.3 Å². The number of rotatable bonds is 4. The van der Waals surface area contributed by atoms with Gasteiger partial charge in [0, 0.05) is 17.1 Å². The minimum Gasteiger partial charge on any atom is -0.379 e. The van der Waals surface area contributed by atoms with E-state index in [4.69, 9.17) is 5.26 Å². The molecule has 0 saturated carbocycles. The predicted molar refractivity (Wildman–Crippen MR) is 67.3 cm³/mol. The Bertz CT molecular complexity index is 604. The average molecular weight is 260 g/mol. The summed E-state index contributed by atoms with van der Waals surface area (Å²) in [5.74, 6) is 0. The molecule has 0 atom stereocenters. The van der Waals surface area contributed by atoms with Crippen LogP contribution in [-0.2, 0) is 6.54 Å². The van der Waals surface area contributed by atoms with E-state index in [1.165, 1.54) is 23.5 Å². The monoisotopic (exact) mass is 260 g/mol. The highest BCUT2D eigenvalue weighted by molar-refractivity contribution is 7.07. The highest BCUT2D eigenvalue weighted by atomic mass is 32.1. The molecule has 0 fully saturated rings. The van der Waals surface area contributed by atoms with E-state index in [-0.39, 0.29) is 11.3 Å². The molecule has 90 valence electrons. The third kappa shape index (κ3) is 2.61. The number of aromatic nitrogens is 1. The molecule has 0 spiro atoms. The predicted octanol–water partition coefficient (Wildman–Crippen LogP) is 2.54. The number of thiazole rings is 1. The minimum atomic E-state index is -0.563. The zero-order valence-electron chi connectivity index (χ0n) is 9.16. The maximum atomic E-state index is 10.8. The van der Waals surface area contributed by atoms with Gasteiger partial charge < -0.3 is 5.32 Å². The van der Waals surface area contributed by atoms with Crippen molar-refractivity contribution in [3.8, 4) is 6.07 Å². The smallest absolute Gasteiger partial charge is 0.289 e. The van der Waals surface area contributed by atoms with Crippen LogP contribution in [0, 0.1) is 21.4 Å². The molecular weight excluding hydrogens is 252 g/mol. The zero-order valence-corrected chi connectivity index (χ0v) is 9.98. The number of nitrogens with one attached hydrogen (secondary N) is 1. The van der Waals surface area contributed by atoms with Crippen molar-refractivity contribution in [2.45, 2.75) is 6.54 Å². The van der Waals surface area contributed by atoms with Gasteiger partial charge in [-0.2, -0.15) is 5.26 Å². The summed E-state index contributed by atoms with van der Waals surface area (Å²) < 4.78 is 0. The molecule has 0 bridgehead atoms. The summed E-state index contributed by atoms with van der Waals surface area (Å²) in [5, 5.41) is 24.5. The third-order valence-corrected chi connectivity index (χ3v) is 2.91. The Morgan fingerprint density at radius 2 is 2.39 bits per heavy atom. The van der Waals surface area contributed by atoms with E-state index in [1.54, 1.807) is 17.6 Å². The van der Waals surface area contributed by atoms with Gasteiger partial charge in [0.2, 0.25) is 0 Å². The molecule has 2 rings (SSSR count). The van der Waals surface area contributed by atoms with Crippen LogP contribution in [0.3, 0.4) is 0 Å². The fourth-order valence-corrected chi connectivity index (χ4v) is 1.96. The molecule has 0 amide bonds. The Morgan fingerprint density at radius 1 is 1.56 bits per heavy atom. The molecule has 0 saturated heterocycles. The fraction of sp³-hybridized carbons (Fsp3) is 0.0909. The average Bonchev–Trinajstić information content (AvgIpc) is 2.89. The molecule has 0 aliphatic rings. The lowest BCUT2D eigenvalue weighted by molar-refractivity contribution is -0.385. The highest BCUT2D eigenvalue weighted by Gasteiger charge is 2.13. The first kappa shape index (κ1) is 12.0. The number of benzene rings is 1. The van der Waals surface area contributed by atoms with E-state index in [2.05, 4.69) is 10.3 Å². The molecule has 1 aromatic heterocycles. The van der Waals surface area contributed by atoms with Crippen molar-refractivity contribution >= 4 is 22.7 Å². The second kappa shape index (κ2) is 5.25. The molecule has 0 aliphatic heterocycles. The quantitative estimate of drug-likeness (QED) is 0.673. The van der Waals surface area contributed by atoms with Crippen molar-refractivity contribution in [2.75, 3.05) is 5.32 Å². The lowest BCUT2D eigenvalue weighted by Gasteiger charge is -2.04. The van der Waals surface area contributed by atoms with E-state index in [1.807, 2.05) is 5.38 Å². The summed E-state index contributed by atoms with van der Waals surface area (Å²) in [6.45, 7) is 0.493. The van der Waals surface area contributed by atoms with Crippen LogP contribution in [0.5, 0.6) is 0 Å². The van der Waals surface area contributed by atoms with Crippen LogP contribution in [-0.4, -0.2) is 9.91 Å². The fourth-order valence-electron chi connectivity index (χ4n) is 1.40. The largest absolute Gasteiger partial charge is 0.379 e. The van der Waals surface area contributed by atoms with Gasteiger partial charge in [-0.3, -0.25) is 10.1 Å². The molecule has 7 heteroatoms. The third-order valence-electron chi connectivity index (χ3n) is 2.27. The molecule has 6 nitrogen and oxygen atoms in total. The van der Waals surface area contributed by atoms with E-state index >= 15 is 0 Å². The van der Waals surface area contributed by atoms with Crippen LogP contribution < -0.4 is 5.32 Å². The van der Waals surface area contributed by atoms with E-state index in [0.717, 1.165) is 5.69 Å². The van der Waals surface area contributed by atoms with Gasteiger partial charge in [0.25, 0.3) is 5.69 Å². The van der Waals surface area contributed by atoms with Gasteiger partial charge in [-0.1, -0.05) is 0 Å². The van der Waals surface area contributed by atoms with Crippen molar-refractivity contribution in [2.24, 2.45) is 0 Å². The number of nitro benzene ring substituents is 1. The van der Waals surface area contributed by atoms with Gasteiger partial charge in [0.15, 0.2) is 0 Å². The first-order valence-electron chi connectivity index (χ1n) is 5.00. The number of anilines is 1. The molecular formula is C11H8N4O2S. The Hall–Kier alpha value is -2.46. The molecule has 0 unspecified atom stereocenters. The summed E-state index contributed by atoms with van der Waals surface area (Å²) in [5.41, 5.74) is 3.04. The van der Waals surface area contributed by atoms with Gasteiger partial charge in [-0.15, -0.1) is 11.3 Å². The number of nitriles is 1. The topological polar surface area (TPSA) is 91.8 Å². The first-order chi connectivity index (χ1) is 8.70. The molecule has 2 aromatic rings. The maximum absolute atomic E-state index is 10.8. The van der Waals surface area contributed by atoms with E-state index in [0.29, 0.717) is 12.2 Å². The SMILES string of the molecule is N#Cc1ccc(NCc2cscn2)cc1[N+](=O)[O-]. The van der Waals surface area contributed by atoms with Crippen LogP contribution in [0.2, 0.25) is 0 Å². The molecule has 0 aliphatic carbocycles. The summed E-state index contributed by atoms with van der Waals surface area (Å²) in [6, 6.07) is 6.21. The second-order valence-corrected chi connectivity index (χ2v) is 4.15. The van der Waals surface area contributed by atoms with Gasteiger partial charge in [0.1, 0.15) is 11.6 Å². The standard InChI is InChI=1S/C11H8N4O2S/c12-4-8-1-2-9(3-11(8)15(16)17)13-5-10-6-18-7-14-10/h1-3,6-7,13H,5H2. The Balaban J connectivity index is 2.17. The summed E-state index contributed by atoms with van der Waals surface area (Å²) in [6.07, 6.45) is 0. The Labute approximate surface area is 107 Å². The minimum absolute atomic E-state index is 0.0548. The Kier molecular flexibility index (Phi) is 3.50. The summed E-state index contributed by atoms with van der Waals surface area (Å²) in [7, 11) is 0. The number of nitrogens with zero attached hydrogens (tertiary/aromatic N) is 3. The Morgan fingerprint density at radius 3 is 3.00 bits per heavy atom. The van der Waals surface area contributed by atoms with Crippen molar-refractivity contribution < 1.29 is 4.92 Å². The normalized spacial score (nSPS) is 9.72. The van der Waals surface area contributed by atoms with Crippen LogP contribution in [0.4, 0.5) is 11.4 Å². The lowest BCUT2D eigenvalue weighted by Crippen LogP contribution is -2.01. The lowest BCUT2D eigenvalue weighted by atomic mass is 10.2.